The largest absolute Gasteiger partial charge is 0.346 e. The third kappa shape index (κ3) is 1.32. The van der Waals surface area contributed by atoms with Crippen molar-refractivity contribution in [2.75, 3.05) is 5.88 Å². The highest BCUT2D eigenvalue weighted by Crippen LogP contribution is 2.42. The molecule has 2 rings (SSSR count). The van der Waals surface area contributed by atoms with E-state index in [9.17, 15) is 4.79 Å². The fraction of sp³-hybridized carbons (Fsp3) is 0.364. The van der Waals surface area contributed by atoms with E-state index in [1.807, 2.05) is 30.3 Å². The molecule has 1 unspecified atom stereocenters. The molecule has 1 aromatic rings. The minimum absolute atomic E-state index is 0.149. The quantitative estimate of drug-likeness (QED) is 0.804. The molecule has 0 saturated carbocycles. The number of hydrogen-bond acceptors (Lipinski definition) is 2. The maximum Gasteiger partial charge on any atom is 0.241 e. The summed E-state index contributed by atoms with van der Waals surface area (Å²) < 4.78 is -0.346. The Morgan fingerprint density at radius 3 is 2.64 bits per heavy atom. The Morgan fingerprint density at radius 1 is 1.43 bits per heavy atom. The summed E-state index contributed by atoms with van der Waals surface area (Å²) in [4.78, 5) is 11.8. The van der Waals surface area contributed by atoms with E-state index < -0.39 is 0 Å². The van der Waals surface area contributed by atoms with Crippen LogP contribution in [0.2, 0.25) is 0 Å². The molecule has 3 heteroatoms. The van der Waals surface area contributed by atoms with Gasteiger partial charge in [-0.2, -0.15) is 0 Å². The molecule has 0 spiro atoms. The standard InChI is InChI=1S/C11H13NOS/c1-2-11(10(13)12-8-14-11)9-6-4-3-5-7-9/h3-7H,2,8H2,1H3,(H,12,13). The summed E-state index contributed by atoms with van der Waals surface area (Å²) in [6.07, 6.45) is 0.841. The van der Waals surface area contributed by atoms with Gasteiger partial charge in [-0.25, -0.2) is 0 Å². The van der Waals surface area contributed by atoms with E-state index in [1.165, 1.54) is 0 Å². The van der Waals surface area contributed by atoms with Gasteiger partial charge in [-0.3, -0.25) is 4.79 Å². The van der Waals surface area contributed by atoms with E-state index in [4.69, 9.17) is 0 Å². The number of nitrogens with one attached hydrogen (secondary N) is 1. The second-order valence-corrected chi connectivity index (χ2v) is 4.62. The van der Waals surface area contributed by atoms with Crippen LogP contribution in [-0.4, -0.2) is 11.8 Å². The Labute approximate surface area is 88.1 Å². The van der Waals surface area contributed by atoms with E-state index in [2.05, 4.69) is 12.2 Å². The summed E-state index contributed by atoms with van der Waals surface area (Å²) in [6, 6.07) is 10.0. The maximum atomic E-state index is 11.8. The number of carbonyl (C=O) groups excluding carboxylic acids is 1. The number of hydrogen-bond donors (Lipinski definition) is 1. The van der Waals surface area contributed by atoms with Gasteiger partial charge in [0, 0.05) is 0 Å². The number of amides is 1. The minimum atomic E-state index is -0.346. The van der Waals surface area contributed by atoms with Crippen molar-refractivity contribution in [3.8, 4) is 0 Å². The highest BCUT2D eigenvalue weighted by Gasteiger charge is 2.42. The lowest BCUT2D eigenvalue weighted by Crippen LogP contribution is -2.33. The lowest BCUT2D eigenvalue weighted by Gasteiger charge is -2.23. The normalized spacial score (nSPS) is 26.2. The van der Waals surface area contributed by atoms with Crippen molar-refractivity contribution in [2.45, 2.75) is 18.1 Å². The van der Waals surface area contributed by atoms with Crippen molar-refractivity contribution in [1.82, 2.24) is 5.32 Å². The van der Waals surface area contributed by atoms with Gasteiger partial charge in [0.25, 0.3) is 0 Å². The summed E-state index contributed by atoms with van der Waals surface area (Å²) in [5.74, 6) is 0.873. The molecule has 1 saturated heterocycles. The highest BCUT2D eigenvalue weighted by atomic mass is 32.2. The molecule has 0 radical (unpaired) electrons. The van der Waals surface area contributed by atoms with Crippen LogP contribution in [0.4, 0.5) is 0 Å². The predicted molar refractivity (Wildman–Crippen MR) is 59.0 cm³/mol. The van der Waals surface area contributed by atoms with Crippen LogP contribution >= 0.6 is 11.8 Å². The topological polar surface area (TPSA) is 29.1 Å². The molecular formula is C11H13NOS. The maximum absolute atomic E-state index is 11.8. The van der Waals surface area contributed by atoms with Gasteiger partial charge in [0.1, 0.15) is 4.75 Å². The molecule has 1 amide bonds. The first-order valence-electron chi connectivity index (χ1n) is 4.77. The monoisotopic (exact) mass is 207 g/mol. The van der Waals surface area contributed by atoms with Gasteiger partial charge in [-0.05, 0) is 12.0 Å². The minimum Gasteiger partial charge on any atom is -0.346 e. The van der Waals surface area contributed by atoms with Crippen molar-refractivity contribution >= 4 is 17.7 Å². The average molecular weight is 207 g/mol. The van der Waals surface area contributed by atoms with Gasteiger partial charge in [0.15, 0.2) is 0 Å². The average Bonchev–Trinajstić information content (AvgIpc) is 2.62. The molecule has 2 nitrogen and oxygen atoms in total. The first-order chi connectivity index (χ1) is 6.79. The Hall–Kier alpha value is -0.960. The van der Waals surface area contributed by atoms with Crippen LogP contribution in [0.5, 0.6) is 0 Å². The van der Waals surface area contributed by atoms with E-state index in [1.54, 1.807) is 11.8 Å². The molecule has 0 aromatic heterocycles. The van der Waals surface area contributed by atoms with E-state index in [-0.39, 0.29) is 10.7 Å². The van der Waals surface area contributed by atoms with Crippen LogP contribution in [0, 0.1) is 0 Å². The zero-order chi connectivity index (χ0) is 10.0. The summed E-state index contributed by atoms with van der Waals surface area (Å²) in [5, 5.41) is 2.88. The van der Waals surface area contributed by atoms with Crippen LogP contribution < -0.4 is 5.32 Å². The SMILES string of the molecule is CCC1(c2ccccc2)SCNC1=O. The molecular weight excluding hydrogens is 194 g/mol. The molecule has 1 aliphatic rings. The molecule has 1 fully saturated rings. The van der Waals surface area contributed by atoms with Gasteiger partial charge >= 0.3 is 0 Å². The third-order valence-corrected chi connectivity index (χ3v) is 4.15. The Bertz CT molecular complexity index is 338. The van der Waals surface area contributed by atoms with Crippen LogP contribution in [0.1, 0.15) is 18.9 Å². The molecule has 1 heterocycles. The zero-order valence-electron chi connectivity index (χ0n) is 8.12. The first-order valence-corrected chi connectivity index (χ1v) is 5.76. The number of rotatable bonds is 2. The van der Waals surface area contributed by atoms with Crippen molar-refractivity contribution in [2.24, 2.45) is 0 Å². The Morgan fingerprint density at radius 2 is 2.14 bits per heavy atom. The highest BCUT2D eigenvalue weighted by molar-refractivity contribution is 8.01. The second kappa shape index (κ2) is 3.65. The second-order valence-electron chi connectivity index (χ2n) is 3.34. The molecule has 1 atom stereocenters. The molecule has 1 N–H and O–H groups in total. The molecule has 0 bridgehead atoms. The summed E-state index contributed by atoms with van der Waals surface area (Å²) >= 11 is 1.69. The number of carbonyl (C=O) groups is 1. The predicted octanol–water partition coefficient (Wildman–Crippen LogP) is 2.11. The smallest absolute Gasteiger partial charge is 0.241 e. The van der Waals surface area contributed by atoms with Crippen LogP contribution in [0.3, 0.4) is 0 Å². The zero-order valence-corrected chi connectivity index (χ0v) is 8.93. The lowest BCUT2D eigenvalue weighted by molar-refractivity contribution is -0.122. The van der Waals surface area contributed by atoms with E-state index in [0.717, 1.165) is 17.9 Å². The Kier molecular flexibility index (Phi) is 2.50. The van der Waals surface area contributed by atoms with Gasteiger partial charge < -0.3 is 5.32 Å². The van der Waals surface area contributed by atoms with Gasteiger partial charge in [-0.1, -0.05) is 37.3 Å². The van der Waals surface area contributed by atoms with E-state index in [0.29, 0.717) is 0 Å². The Balaban J connectivity index is 2.43. The summed E-state index contributed by atoms with van der Waals surface area (Å²) in [5.41, 5.74) is 1.11. The fourth-order valence-electron chi connectivity index (χ4n) is 1.82. The van der Waals surface area contributed by atoms with Crippen molar-refractivity contribution < 1.29 is 4.79 Å². The number of benzene rings is 1. The van der Waals surface area contributed by atoms with Crippen molar-refractivity contribution in [1.29, 1.82) is 0 Å². The fourth-order valence-corrected chi connectivity index (χ4v) is 2.98. The molecule has 1 aromatic carbocycles. The van der Waals surface area contributed by atoms with Gasteiger partial charge in [-0.15, -0.1) is 11.8 Å². The van der Waals surface area contributed by atoms with Crippen LogP contribution in [0.25, 0.3) is 0 Å². The van der Waals surface area contributed by atoms with Gasteiger partial charge in [0.2, 0.25) is 5.91 Å². The van der Waals surface area contributed by atoms with Crippen molar-refractivity contribution in [3.05, 3.63) is 35.9 Å². The lowest BCUT2D eigenvalue weighted by atomic mass is 9.94. The summed E-state index contributed by atoms with van der Waals surface area (Å²) in [7, 11) is 0. The van der Waals surface area contributed by atoms with E-state index >= 15 is 0 Å². The molecule has 0 aliphatic carbocycles. The van der Waals surface area contributed by atoms with Crippen LogP contribution in [0.15, 0.2) is 30.3 Å². The molecule has 1 aliphatic heterocycles. The van der Waals surface area contributed by atoms with Crippen molar-refractivity contribution in [3.63, 3.8) is 0 Å². The third-order valence-electron chi connectivity index (χ3n) is 2.66. The number of thioether (sulfide) groups is 1. The summed E-state index contributed by atoms with van der Waals surface area (Å²) in [6.45, 7) is 2.06. The van der Waals surface area contributed by atoms with Crippen LogP contribution in [-0.2, 0) is 9.54 Å². The molecule has 74 valence electrons. The van der Waals surface area contributed by atoms with Gasteiger partial charge in [0.05, 0.1) is 5.88 Å². The molecule has 14 heavy (non-hydrogen) atoms. The first kappa shape index (κ1) is 9.59.